The first kappa shape index (κ1) is 21.4. The molecule has 0 amide bonds. The average Bonchev–Trinajstić information content (AvgIpc) is 3.08. The number of nitrogens with zero attached hydrogens (tertiary/aromatic N) is 2. The van der Waals surface area contributed by atoms with Gasteiger partial charge < -0.3 is 9.67 Å². The Morgan fingerprint density at radius 3 is 2.59 bits per heavy atom. The van der Waals surface area contributed by atoms with E-state index in [4.69, 9.17) is 5.11 Å². The van der Waals surface area contributed by atoms with E-state index in [9.17, 15) is 13.2 Å². The van der Waals surface area contributed by atoms with Crippen molar-refractivity contribution in [2.24, 2.45) is 0 Å². The van der Waals surface area contributed by atoms with Crippen LogP contribution in [-0.2, 0) is 21.2 Å². The van der Waals surface area contributed by atoms with E-state index in [1.54, 1.807) is 17.8 Å². The fourth-order valence-electron chi connectivity index (χ4n) is 3.66. The molecule has 0 spiro atoms. The van der Waals surface area contributed by atoms with Gasteiger partial charge in [0.05, 0.1) is 11.3 Å². The first-order valence-corrected chi connectivity index (χ1v) is 12.4. The van der Waals surface area contributed by atoms with Crippen LogP contribution < -0.4 is 0 Å². The van der Waals surface area contributed by atoms with Crippen LogP contribution in [0.5, 0.6) is 0 Å². The largest absolute Gasteiger partial charge is 0.481 e. The molecule has 1 aliphatic rings. The Labute approximate surface area is 174 Å². The number of carbonyl (C=O) groups is 1. The molecule has 1 N–H and O–H groups in total. The molecule has 154 valence electrons. The van der Waals surface area contributed by atoms with Crippen molar-refractivity contribution in [1.82, 2.24) is 9.55 Å². The smallest absolute Gasteiger partial charge is 0.304 e. The second kappa shape index (κ2) is 9.00. The van der Waals surface area contributed by atoms with Gasteiger partial charge in [0, 0.05) is 40.9 Å². The maximum absolute atomic E-state index is 11.9. The molecule has 6 nitrogen and oxygen atoms in total. The Kier molecular flexibility index (Phi) is 6.64. The summed E-state index contributed by atoms with van der Waals surface area (Å²) in [5, 5.41) is 9.62. The van der Waals surface area contributed by atoms with Gasteiger partial charge in [-0.1, -0.05) is 18.2 Å². The molecule has 1 aliphatic heterocycles. The van der Waals surface area contributed by atoms with Crippen molar-refractivity contribution in [2.75, 3.05) is 12.5 Å². The SMILES string of the molecule is CS(=O)(=O)c1ccnc2c1cc1n2CCCC1CC(=O)O.CSc1ccccc1. The highest BCUT2D eigenvalue weighted by atomic mass is 32.2. The molecule has 0 radical (unpaired) electrons. The number of aliphatic carboxylic acids is 1. The van der Waals surface area contributed by atoms with Gasteiger partial charge in [0.2, 0.25) is 0 Å². The van der Waals surface area contributed by atoms with Crippen molar-refractivity contribution in [1.29, 1.82) is 0 Å². The third-order valence-electron chi connectivity index (χ3n) is 4.94. The normalized spacial score (nSPS) is 16.0. The van der Waals surface area contributed by atoms with Crippen LogP contribution in [0, 0.1) is 0 Å². The third kappa shape index (κ3) is 5.00. The second-order valence-electron chi connectivity index (χ2n) is 6.99. The lowest BCUT2D eigenvalue weighted by atomic mass is 9.93. The highest BCUT2D eigenvalue weighted by Crippen LogP contribution is 2.36. The van der Waals surface area contributed by atoms with Gasteiger partial charge >= 0.3 is 5.97 Å². The Morgan fingerprint density at radius 2 is 2.00 bits per heavy atom. The summed E-state index contributed by atoms with van der Waals surface area (Å²) in [6.45, 7) is 0.745. The van der Waals surface area contributed by atoms with Crippen LogP contribution in [0.4, 0.5) is 0 Å². The molecule has 1 aromatic carbocycles. The second-order valence-corrected chi connectivity index (χ2v) is 9.86. The standard InChI is InChI=1S/C14H16N2O4S.C7H8S/c1-21(19,20)12-4-5-15-14-10(12)8-11-9(7-13(17)18)3-2-6-16(11)14;1-8-7-5-3-2-4-6-7/h4-5,8-9H,2-3,6-7H2,1H3,(H,17,18);2-6H,1H3. The molecule has 1 unspecified atom stereocenters. The highest BCUT2D eigenvalue weighted by molar-refractivity contribution is 7.98. The van der Waals surface area contributed by atoms with Crippen molar-refractivity contribution in [2.45, 2.75) is 41.5 Å². The average molecular weight is 433 g/mol. The molecule has 0 saturated heterocycles. The number of fused-ring (bicyclic) bond motifs is 3. The van der Waals surface area contributed by atoms with Crippen LogP contribution in [0.1, 0.15) is 30.9 Å². The van der Waals surface area contributed by atoms with Crippen molar-refractivity contribution in [3.8, 4) is 0 Å². The Balaban J connectivity index is 0.000000252. The molecule has 0 aliphatic carbocycles. The van der Waals surface area contributed by atoms with Gasteiger partial charge in [0.15, 0.2) is 9.84 Å². The zero-order valence-electron chi connectivity index (χ0n) is 16.4. The minimum absolute atomic E-state index is 0.0600. The molecule has 29 heavy (non-hydrogen) atoms. The topological polar surface area (TPSA) is 89.3 Å². The van der Waals surface area contributed by atoms with Gasteiger partial charge in [-0.2, -0.15) is 0 Å². The van der Waals surface area contributed by atoms with Gasteiger partial charge in [-0.3, -0.25) is 4.79 Å². The molecule has 8 heteroatoms. The summed E-state index contributed by atoms with van der Waals surface area (Å²) < 4.78 is 25.7. The number of hydrogen-bond acceptors (Lipinski definition) is 5. The molecular weight excluding hydrogens is 408 g/mol. The molecular formula is C21H24N2O4S2. The van der Waals surface area contributed by atoms with Crippen LogP contribution in [0.2, 0.25) is 0 Å². The maximum Gasteiger partial charge on any atom is 0.304 e. The number of benzene rings is 1. The predicted octanol–water partition coefficient (Wildman–Crippen LogP) is 4.20. The van der Waals surface area contributed by atoms with Gasteiger partial charge in [-0.15, -0.1) is 11.8 Å². The van der Waals surface area contributed by atoms with E-state index in [-0.39, 0.29) is 17.2 Å². The minimum atomic E-state index is -3.34. The van der Waals surface area contributed by atoms with E-state index in [2.05, 4.69) is 23.4 Å². The number of carboxylic acids is 1. The lowest BCUT2D eigenvalue weighted by molar-refractivity contribution is -0.137. The molecule has 3 heterocycles. The maximum atomic E-state index is 11.9. The van der Waals surface area contributed by atoms with E-state index < -0.39 is 15.8 Å². The van der Waals surface area contributed by atoms with Gasteiger partial charge in [0.25, 0.3) is 0 Å². The number of aryl methyl sites for hydroxylation is 1. The van der Waals surface area contributed by atoms with E-state index in [1.165, 1.54) is 23.4 Å². The van der Waals surface area contributed by atoms with Gasteiger partial charge in [-0.05, 0) is 43.4 Å². The predicted molar refractivity (Wildman–Crippen MR) is 115 cm³/mol. The highest BCUT2D eigenvalue weighted by Gasteiger charge is 2.27. The van der Waals surface area contributed by atoms with Crippen LogP contribution >= 0.6 is 11.8 Å². The Morgan fingerprint density at radius 1 is 1.28 bits per heavy atom. The first-order valence-electron chi connectivity index (χ1n) is 9.30. The van der Waals surface area contributed by atoms with E-state index in [0.717, 1.165) is 25.1 Å². The Hall–Kier alpha value is -2.32. The van der Waals surface area contributed by atoms with Gasteiger partial charge in [0.1, 0.15) is 5.65 Å². The summed E-state index contributed by atoms with van der Waals surface area (Å²) in [5.41, 5.74) is 1.50. The lowest BCUT2D eigenvalue weighted by Gasteiger charge is -2.23. The summed E-state index contributed by atoms with van der Waals surface area (Å²) >= 11 is 1.77. The van der Waals surface area contributed by atoms with Crippen LogP contribution in [0.25, 0.3) is 11.0 Å². The van der Waals surface area contributed by atoms with Crippen LogP contribution in [0.15, 0.2) is 58.5 Å². The molecule has 0 bridgehead atoms. The minimum Gasteiger partial charge on any atom is -0.481 e. The number of carboxylic acid groups (broad SMARTS) is 1. The Bertz CT molecular complexity index is 1110. The molecule has 1 atom stereocenters. The van der Waals surface area contributed by atoms with Crippen molar-refractivity contribution in [3.05, 3.63) is 54.4 Å². The van der Waals surface area contributed by atoms with Crippen LogP contribution in [0.3, 0.4) is 0 Å². The summed E-state index contributed by atoms with van der Waals surface area (Å²) in [6, 6.07) is 13.6. The fourth-order valence-corrected chi connectivity index (χ4v) is 4.95. The van der Waals surface area contributed by atoms with Crippen molar-refractivity contribution in [3.63, 3.8) is 0 Å². The first-order chi connectivity index (χ1) is 13.8. The lowest BCUT2D eigenvalue weighted by Crippen LogP contribution is -2.17. The zero-order chi connectivity index (χ0) is 21.0. The summed E-state index contributed by atoms with van der Waals surface area (Å²) in [5.74, 6) is -0.923. The summed E-state index contributed by atoms with van der Waals surface area (Å²) in [4.78, 5) is 16.9. The van der Waals surface area contributed by atoms with E-state index >= 15 is 0 Å². The van der Waals surface area contributed by atoms with Crippen LogP contribution in [-0.4, -0.2) is 41.6 Å². The monoisotopic (exact) mass is 432 g/mol. The van der Waals surface area contributed by atoms with Crippen molar-refractivity contribution >= 4 is 38.6 Å². The number of thioether (sulfide) groups is 1. The quantitative estimate of drug-likeness (QED) is 0.622. The number of sulfone groups is 1. The summed E-state index contributed by atoms with van der Waals surface area (Å²) in [6.07, 6.45) is 6.48. The van der Waals surface area contributed by atoms with E-state index in [1.807, 2.05) is 22.8 Å². The molecule has 3 aromatic rings. The molecule has 2 aromatic heterocycles. The number of hydrogen-bond donors (Lipinski definition) is 1. The van der Waals surface area contributed by atoms with Gasteiger partial charge in [-0.25, -0.2) is 13.4 Å². The molecule has 0 saturated carbocycles. The number of aromatic nitrogens is 2. The zero-order valence-corrected chi connectivity index (χ0v) is 18.0. The van der Waals surface area contributed by atoms with Crippen molar-refractivity contribution < 1.29 is 18.3 Å². The van der Waals surface area contributed by atoms with E-state index in [0.29, 0.717) is 11.0 Å². The number of rotatable bonds is 4. The molecule has 0 fully saturated rings. The fraction of sp³-hybridized carbons (Fsp3) is 0.333. The third-order valence-corrected chi connectivity index (χ3v) is 6.84. The summed E-state index contributed by atoms with van der Waals surface area (Å²) in [7, 11) is -3.34. The molecule has 4 rings (SSSR count). The number of pyridine rings is 1.